The molecule has 0 aliphatic carbocycles. The number of β-amino-alcohol motifs (C(OH)–C–C–N with tert-alkyl or cyclic N) is 1. The Labute approximate surface area is 144 Å². The lowest BCUT2D eigenvalue weighted by atomic mass is 10.0. The molecule has 1 aliphatic rings. The topological polar surface area (TPSA) is 69.2 Å². The van der Waals surface area contributed by atoms with Crippen molar-refractivity contribution in [3.05, 3.63) is 65.7 Å². The number of hydrogen-bond donors (Lipinski definition) is 2. The van der Waals surface area contributed by atoms with E-state index in [2.05, 4.69) is 9.97 Å². The Kier molecular flexibility index (Phi) is 3.97. The van der Waals surface area contributed by atoms with Crippen LogP contribution in [-0.4, -0.2) is 38.5 Å². The van der Waals surface area contributed by atoms with Crippen molar-refractivity contribution in [2.45, 2.75) is 25.0 Å². The van der Waals surface area contributed by atoms with Crippen LogP contribution in [0.15, 0.2) is 48.8 Å². The minimum Gasteiger partial charge on any atom is -0.391 e. The number of hydrogen-bond acceptors (Lipinski definition) is 3. The Morgan fingerprint density at radius 2 is 2.12 bits per heavy atom. The van der Waals surface area contributed by atoms with Gasteiger partial charge in [0.25, 0.3) is 0 Å². The number of halogens is 1. The monoisotopic (exact) mass is 339 g/mol. The average Bonchev–Trinajstić information content (AvgIpc) is 3.20. The molecule has 0 radical (unpaired) electrons. The third-order valence-corrected chi connectivity index (χ3v) is 4.73. The largest absolute Gasteiger partial charge is 0.391 e. The minimum atomic E-state index is -0.566. The smallest absolute Gasteiger partial charge is 0.227 e. The van der Waals surface area contributed by atoms with E-state index in [1.165, 1.54) is 12.1 Å². The van der Waals surface area contributed by atoms with Crippen LogP contribution in [0.3, 0.4) is 0 Å². The fraction of sp³-hybridized carbons (Fsp3) is 0.263. The molecule has 128 valence electrons. The number of benzene rings is 1. The molecule has 1 aliphatic heterocycles. The van der Waals surface area contributed by atoms with E-state index in [0.29, 0.717) is 13.0 Å². The lowest BCUT2D eigenvalue weighted by molar-refractivity contribution is -0.131. The van der Waals surface area contributed by atoms with Crippen LogP contribution in [0.5, 0.6) is 0 Å². The standard InChI is InChI=1S/C19H18FN3O2/c20-14-5-3-12(4-6-14)17-9-15(24)11-23(17)18(25)8-13-10-22-19-16(13)2-1-7-21-19/h1-7,10,15,17,24H,8-9,11H2,(H,21,22)/t15-,17-/m1/s1. The highest BCUT2D eigenvalue weighted by Gasteiger charge is 2.35. The molecule has 1 aromatic carbocycles. The number of aliphatic hydroxyl groups excluding tert-OH is 1. The van der Waals surface area contributed by atoms with E-state index >= 15 is 0 Å². The predicted molar refractivity (Wildman–Crippen MR) is 91.3 cm³/mol. The summed E-state index contributed by atoms with van der Waals surface area (Å²) in [7, 11) is 0. The number of fused-ring (bicyclic) bond motifs is 1. The Bertz CT molecular complexity index is 906. The van der Waals surface area contributed by atoms with Gasteiger partial charge < -0.3 is 15.0 Å². The molecule has 25 heavy (non-hydrogen) atoms. The highest BCUT2D eigenvalue weighted by atomic mass is 19.1. The van der Waals surface area contributed by atoms with Crippen molar-refractivity contribution in [3.8, 4) is 0 Å². The molecule has 3 heterocycles. The number of pyridine rings is 1. The van der Waals surface area contributed by atoms with Gasteiger partial charge in [0.05, 0.1) is 18.6 Å². The first kappa shape index (κ1) is 15.8. The average molecular weight is 339 g/mol. The summed E-state index contributed by atoms with van der Waals surface area (Å²) in [5, 5.41) is 11.0. The maximum absolute atomic E-state index is 13.2. The third kappa shape index (κ3) is 3.00. The first-order valence-corrected chi connectivity index (χ1v) is 8.26. The molecule has 5 nitrogen and oxygen atoms in total. The highest BCUT2D eigenvalue weighted by molar-refractivity contribution is 5.87. The zero-order valence-corrected chi connectivity index (χ0v) is 13.5. The number of aromatic nitrogens is 2. The molecule has 0 spiro atoms. The van der Waals surface area contributed by atoms with Crippen molar-refractivity contribution in [2.24, 2.45) is 0 Å². The van der Waals surface area contributed by atoms with E-state index in [4.69, 9.17) is 0 Å². The first-order chi connectivity index (χ1) is 12.1. The molecular weight excluding hydrogens is 321 g/mol. The SMILES string of the molecule is O=C(Cc1c[nH]c2ncccc12)N1C[C@H](O)C[C@@H]1c1ccc(F)cc1. The molecule has 1 amide bonds. The second kappa shape index (κ2) is 6.29. The van der Waals surface area contributed by atoms with Gasteiger partial charge in [-0.1, -0.05) is 12.1 Å². The molecule has 4 rings (SSSR count). The van der Waals surface area contributed by atoms with Crippen LogP contribution in [0.25, 0.3) is 11.0 Å². The van der Waals surface area contributed by atoms with Crippen molar-refractivity contribution in [1.82, 2.24) is 14.9 Å². The predicted octanol–water partition coefficient (Wildman–Crippen LogP) is 2.58. The van der Waals surface area contributed by atoms with Gasteiger partial charge in [0, 0.05) is 24.3 Å². The molecule has 3 aromatic rings. The number of carbonyl (C=O) groups excluding carboxylic acids is 1. The van der Waals surface area contributed by atoms with Crippen LogP contribution in [0.4, 0.5) is 4.39 Å². The number of nitrogens with zero attached hydrogens (tertiary/aromatic N) is 2. The lowest BCUT2D eigenvalue weighted by Gasteiger charge is -2.24. The summed E-state index contributed by atoms with van der Waals surface area (Å²) in [5.41, 5.74) is 2.47. The van der Waals surface area contributed by atoms with Crippen LogP contribution < -0.4 is 0 Å². The van der Waals surface area contributed by atoms with Gasteiger partial charge in [-0.25, -0.2) is 9.37 Å². The van der Waals surface area contributed by atoms with Gasteiger partial charge in [-0.2, -0.15) is 0 Å². The van der Waals surface area contributed by atoms with Crippen LogP contribution >= 0.6 is 0 Å². The maximum atomic E-state index is 13.2. The van der Waals surface area contributed by atoms with Crippen LogP contribution in [0.2, 0.25) is 0 Å². The second-order valence-electron chi connectivity index (χ2n) is 6.39. The van der Waals surface area contributed by atoms with Gasteiger partial charge in [-0.3, -0.25) is 4.79 Å². The molecule has 2 atom stereocenters. The summed E-state index contributed by atoms with van der Waals surface area (Å²) < 4.78 is 13.2. The summed E-state index contributed by atoms with van der Waals surface area (Å²) in [6, 6.07) is 9.65. The Morgan fingerprint density at radius 3 is 2.92 bits per heavy atom. The number of aliphatic hydroxyl groups is 1. The van der Waals surface area contributed by atoms with E-state index in [1.807, 2.05) is 12.1 Å². The normalized spacial score (nSPS) is 20.3. The van der Waals surface area contributed by atoms with Crippen LogP contribution in [-0.2, 0) is 11.2 Å². The lowest BCUT2D eigenvalue weighted by Crippen LogP contribution is -2.33. The van der Waals surface area contributed by atoms with E-state index < -0.39 is 6.10 Å². The first-order valence-electron chi connectivity index (χ1n) is 8.26. The van der Waals surface area contributed by atoms with Gasteiger partial charge in [0.2, 0.25) is 5.91 Å². The van der Waals surface area contributed by atoms with E-state index in [9.17, 15) is 14.3 Å². The van der Waals surface area contributed by atoms with Crippen molar-refractivity contribution in [2.75, 3.05) is 6.54 Å². The molecule has 0 bridgehead atoms. The zero-order valence-electron chi connectivity index (χ0n) is 13.5. The molecule has 2 N–H and O–H groups in total. The van der Waals surface area contributed by atoms with E-state index in [0.717, 1.165) is 22.2 Å². The summed E-state index contributed by atoms with van der Waals surface area (Å²) >= 11 is 0. The van der Waals surface area contributed by atoms with Crippen molar-refractivity contribution < 1.29 is 14.3 Å². The number of aromatic amines is 1. The number of carbonyl (C=O) groups is 1. The summed E-state index contributed by atoms with van der Waals surface area (Å²) in [6.07, 6.45) is 3.63. The Hall–Kier alpha value is -2.73. The number of nitrogens with one attached hydrogen (secondary N) is 1. The molecule has 0 unspecified atom stereocenters. The number of amides is 1. The quantitative estimate of drug-likeness (QED) is 0.771. The Morgan fingerprint density at radius 1 is 1.32 bits per heavy atom. The van der Waals surface area contributed by atoms with Gasteiger partial charge >= 0.3 is 0 Å². The molecule has 0 saturated carbocycles. The van der Waals surface area contributed by atoms with Crippen LogP contribution in [0.1, 0.15) is 23.6 Å². The fourth-order valence-corrected chi connectivity index (χ4v) is 3.51. The summed E-state index contributed by atoms with van der Waals surface area (Å²) in [5.74, 6) is -0.373. The minimum absolute atomic E-state index is 0.0596. The highest BCUT2D eigenvalue weighted by Crippen LogP contribution is 2.33. The third-order valence-electron chi connectivity index (χ3n) is 4.73. The molecular formula is C19H18FN3O2. The van der Waals surface area contributed by atoms with Gasteiger partial charge in [-0.15, -0.1) is 0 Å². The van der Waals surface area contributed by atoms with Gasteiger partial charge in [0.1, 0.15) is 11.5 Å². The summed E-state index contributed by atoms with van der Waals surface area (Å²) in [6.45, 7) is 0.293. The van der Waals surface area contributed by atoms with Gasteiger partial charge in [0.15, 0.2) is 0 Å². The molecule has 6 heteroatoms. The van der Waals surface area contributed by atoms with Crippen molar-refractivity contribution in [3.63, 3.8) is 0 Å². The van der Waals surface area contributed by atoms with Crippen molar-refractivity contribution >= 4 is 16.9 Å². The molecule has 2 aromatic heterocycles. The van der Waals surface area contributed by atoms with E-state index in [1.54, 1.807) is 29.4 Å². The van der Waals surface area contributed by atoms with E-state index in [-0.39, 0.29) is 24.2 Å². The second-order valence-corrected chi connectivity index (χ2v) is 6.39. The fourth-order valence-electron chi connectivity index (χ4n) is 3.51. The van der Waals surface area contributed by atoms with Crippen LogP contribution in [0, 0.1) is 5.82 Å². The Balaban J connectivity index is 1.58. The summed E-state index contributed by atoms with van der Waals surface area (Å²) in [4.78, 5) is 21.8. The van der Waals surface area contributed by atoms with Gasteiger partial charge in [-0.05, 0) is 41.8 Å². The molecule has 1 fully saturated rings. The number of likely N-dealkylation sites (tertiary alicyclic amines) is 1. The zero-order chi connectivity index (χ0) is 17.4. The number of rotatable bonds is 3. The number of H-pyrrole nitrogens is 1. The molecule has 1 saturated heterocycles. The maximum Gasteiger partial charge on any atom is 0.227 e. The van der Waals surface area contributed by atoms with Crippen molar-refractivity contribution in [1.29, 1.82) is 0 Å².